The third-order valence-electron chi connectivity index (χ3n) is 2.83. The van der Waals surface area contributed by atoms with E-state index in [1.165, 1.54) is 18.2 Å². The standard InChI is InChI=1S/C12H9FN2O4/c13-7-1-2-10-6(4-18-5-19-10)11(7)8-3-9(12(16)17)15-14-8/h1-3H,4-5H2,(H,14,15)(H,16,17). The third-order valence-corrected chi connectivity index (χ3v) is 2.83. The zero-order valence-corrected chi connectivity index (χ0v) is 9.64. The molecule has 2 N–H and O–H groups in total. The van der Waals surface area contributed by atoms with Gasteiger partial charge in [-0.1, -0.05) is 0 Å². The van der Waals surface area contributed by atoms with E-state index in [9.17, 15) is 9.18 Å². The van der Waals surface area contributed by atoms with Gasteiger partial charge < -0.3 is 14.6 Å². The lowest BCUT2D eigenvalue weighted by Crippen LogP contribution is -2.13. The van der Waals surface area contributed by atoms with Crippen molar-refractivity contribution < 1.29 is 23.8 Å². The molecule has 7 heteroatoms. The number of carbonyl (C=O) groups is 1. The van der Waals surface area contributed by atoms with Crippen LogP contribution in [0.25, 0.3) is 11.3 Å². The number of carboxylic acid groups (broad SMARTS) is 1. The molecule has 1 aromatic heterocycles. The number of ether oxygens (including phenoxy) is 2. The fourth-order valence-corrected chi connectivity index (χ4v) is 1.96. The summed E-state index contributed by atoms with van der Waals surface area (Å²) in [6, 6.07) is 4.05. The first-order valence-electron chi connectivity index (χ1n) is 5.48. The van der Waals surface area contributed by atoms with E-state index in [1.807, 2.05) is 0 Å². The number of nitrogens with one attached hydrogen (secondary N) is 1. The Morgan fingerprint density at radius 2 is 2.32 bits per heavy atom. The number of nitrogens with zero attached hydrogens (tertiary/aromatic N) is 1. The smallest absolute Gasteiger partial charge is 0.353 e. The summed E-state index contributed by atoms with van der Waals surface area (Å²) in [5.41, 5.74) is 0.820. The van der Waals surface area contributed by atoms with Crippen LogP contribution in [0.4, 0.5) is 4.39 Å². The van der Waals surface area contributed by atoms with E-state index in [1.54, 1.807) is 0 Å². The normalized spacial score (nSPS) is 13.7. The number of aromatic carboxylic acids is 1. The van der Waals surface area contributed by atoms with Gasteiger partial charge in [-0.15, -0.1) is 0 Å². The minimum absolute atomic E-state index is 0.107. The second-order valence-electron chi connectivity index (χ2n) is 3.98. The average Bonchev–Trinajstić information content (AvgIpc) is 2.88. The van der Waals surface area contributed by atoms with Crippen LogP contribution in [0.3, 0.4) is 0 Å². The maximum atomic E-state index is 14.0. The molecule has 0 amide bonds. The van der Waals surface area contributed by atoms with Crippen molar-refractivity contribution in [3.63, 3.8) is 0 Å². The summed E-state index contributed by atoms with van der Waals surface area (Å²) in [6.07, 6.45) is 0. The van der Waals surface area contributed by atoms with Gasteiger partial charge in [0.15, 0.2) is 6.79 Å². The quantitative estimate of drug-likeness (QED) is 0.863. The second-order valence-corrected chi connectivity index (χ2v) is 3.98. The molecule has 0 spiro atoms. The third kappa shape index (κ3) is 1.93. The summed E-state index contributed by atoms with van der Waals surface area (Å²) in [6.45, 7) is 0.302. The summed E-state index contributed by atoms with van der Waals surface area (Å²) in [5.74, 6) is -1.14. The SMILES string of the molecule is O=C(O)c1cc(-c2c(F)ccc3c2COCO3)n[nH]1. The number of hydrogen-bond acceptors (Lipinski definition) is 4. The summed E-state index contributed by atoms with van der Waals surface area (Å²) in [5, 5.41) is 15.0. The van der Waals surface area contributed by atoms with Gasteiger partial charge in [-0.25, -0.2) is 9.18 Å². The van der Waals surface area contributed by atoms with Crippen LogP contribution in [0.1, 0.15) is 16.1 Å². The van der Waals surface area contributed by atoms with E-state index in [-0.39, 0.29) is 30.4 Å². The molecule has 0 bridgehead atoms. The van der Waals surface area contributed by atoms with Crippen molar-refractivity contribution in [1.29, 1.82) is 0 Å². The predicted octanol–water partition coefficient (Wildman–Crippen LogP) is 1.78. The molecule has 0 atom stereocenters. The molecule has 3 rings (SSSR count). The molecule has 1 aromatic carbocycles. The Balaban J connectivity index is 2.15. The van der Waals surface area contributed by atoms with E-state index in [0.717, 1.165) is 0 Å². The second kappa shape index (κ2) is 4.36. The molecule has 0 saturated heterocycles. The van der Waals surface area contributed by atoms with Crippen LogP contribution in [0.2, 0.25) is 0 Å². The zero-order chi connectivity index (χ0) is 13.4. The highest BCUT2D eigenvalue weighted by Gasteiger charge is 2.22. The highest BCUT2D eigenvalue weighted by molar-refractivity contribution is 5.87. The van der Waals surface area contributed by atoms with Crippen LogP contribution in [0.15, 0.2) is 18.2 Å². The number of aromatic amines is 1. The Bertz CT molecular complexity index is 653. The van der Waals surface area contributed by atoms with Gasteiger partial charge in [-0.3, -0.25) is 5.10 Å². The van der Waals surface area contributed by atoms with Crippen molar-refractivity contribution in [2.75, 3.05) is 6.79 Å². The summed E-state index contributed by atoms with van der Waals surface area (Å²) in [7, 11) is 0. The van der Waals surface area contributed by atoms with Gasteiger partial charge in [0.05, 0.1) is 12.3 Å². The van der Waals surface area contributed by atoms with Crippen molar-refractivity contribution in [3.05, 3.63) is 35.3 Å². The summed E-state index contributed by atoms with van der Waals surface area (Å²) >= 11 is 0. The minimum atomic E-state index is -1.16. The van der Waals surface area contributed by atoms with Crippen molar-refractivity contribution >= 4 is 5.97 Å². The summed E-state index contributed by atoms with van der Waals surface area (Å²) < 4.78 is 24.3. The van der Waals surface area contributed by atoms with Crippen LogP contribution in [0.5, 0.6) is 5.75 Å². The first-order chi connectivity index (χ1) is 9.16. The lowest BCUT2D eigenvalue weighted by molar-refractivity contribution is -0.0162. The molecule has 0 fully saturated rings. The number of carboxylic acids is 1. The molecule has 19 heavy (non-hydrogen) atoms. The number of H-pyrrole nitrogens is 1. The van der Waals surface area contributed by atoms with Gasteiger partial charge in [-0.05, 0) is 18.2 Å². The predicted molar refractivity (Wildman–Crippen MR) is 61.2 cm³/mol. The molecule has 0 aliphatic carbocycles. The highest BCUT2D eigenvalue weighted by Crippen LogP contribution is 2.35. The molecule has 2 aromatic rings. The van der Waals surface area contributed by atoms with Crippen molar-refractivity contribution in [1.82, 2.24) is 10.2 Å². The van der Waals surface area contributed by atoms with E-state index in [4.69, 9.17) is 14.6 Å². The number of benzene rings is 1. The Hall–Kier alpha value is -2.41. The number of hydrogen-bond donors (Lipinski definition) is 2. The van der Waals surface area contributed by atoms with Gasteiger partial charge in [0.2, 0.25) is 0 Å². The van der Waals surface area contributed by atoms with Crippen LogP contribution >= 0.6 is 0 Å². The molecular formula is C12H9FN2O4. The molecule has 98 valence electrons. The molecule has 0 unspecified atom stereocenters. The fraction of sp³-hybridized carbons (Fsp3) is 0.167. The first kappa shape index (κ1) is 11.7. The number of halogens is 1. The van der Waals surface area contributed by atoms with Crippen LogP contribution in [-0.2, 0) is 11.3 Å². The van der Waals surface area contributed by atoms with Crippen LogP contribution in [-0.4, -0.2) is 28.1 Å². The van der Waals surface area contributed by atoms with E-state index in [0.29, 0.717) is 11.3 Å². The molecule has 1 aliphatic heterocycles. The maximum absolute atomic E-state index is 14.0. The Morgan fingerprint density at radius 1 is 1.47 bits per heavy atom. The largest absolute Gasteiger partial charge is 0.477 e. The van der Waals surface area contributed by atoms with Crippen molar-refractivity contribution in [2.24, 2.45) is 0 Å². The Kier molecular flexibility index (Phi) is 2.68. The lowest BCUT2D eigenvalue weighted by Gasteiger charge is -2.20. The minimum Gasteiger partial charge on any atom is -0.477 e. The van der Waals surface area contributed by atoms with Gasteiger partial charge in [-0.2, -0.15) is 5.10 Å². The van der Waals surface area contributed by atoms with E-state index in [2.05, 4.69) is 10.2 Å². The van der Waals surface area contributed by atoms with Gasteiger partial charge >= 0.3 is 5.97 Å². The molecular weight excluding hydrogens is 255 g/mol. The molecule has 6 nitrogen and oxygen atoms in total. The maximum Gasteiger partial charge on any atom is 0.353 e. The zero-order valence-electron chi connectivity index (χ0n) is 9.64. The van der Waals surface area contributed by atoms with Gasteiger partial charge in [0.25, 0.3) is 0 Å². The number of fused-ring (bicyclic) bond motifs is 1. The van der Waals surface area contributed by atoms with E-state index >= 15 is 0 Å². The Morgan fingerprint density at radius 3 is 3.05 bits per heavy atom. The monoisotopic (exact) mass is 264 g/mol. The van der Waals surface area contributed by atoms with Gasteiger partial charge in [0, 0.05) is 11.1 Å². The molecule has 1 aliphatic rings. The first-order valence-corrected chi connectivity index (χ1v) is 5.48. The Labute approximate surface area is 106 Å². The van der Waals surface area contributed by atoms with E-state index < -0.39 is 11.8 Å². The molecule has 0 saturated carbocycles. The number of aromatic nitrogens is 2. The topological polar surface area (TPSA) is 84.4 Å². The van der Waals surface area contributed by atoms with Crippen LogP contribution < -0.4 is 4.74 Å². The van der Waals surface area contributed by atoms with Crippen molar-refractivity contribution in [2.45, 2.75) is 6.61 Å². The lowest BCUT2D eigenvalue weighted by atomic mass is 10.0. The number of rotatable bonds is 2. The van der Waals surface area contributed by atoms with Crippen molar-refractivity contribution in [3.8, 4) is 17.0 Å². The molecule has 2 heterocycles. The highest BCUT2D eigenvalue weighted by atomic mass is 19.1. The van der Waals surface area contributed by atoms with Gasteiger partial charge in [0.1, 0.15) is 17.3 Å². The van der Waals surface area contributed by atoms with Crippen LogP contribution in [0, 0.1) is 5.82 Å². The average molecular weight is 264 g/mol. The molecule has 0 radical (unpaired) electrons. The summed E-state index contributed by atoms with van der Waals surface area (Å²) in [4.78, 5) is 10.8. The fourth-order valence-electron chi connectivity index (χ4n) is 1.96.